The highest BCUT2D eigenvalue weighted by atomic mass is 35.7. The van der Waals surface area contributed by atoms with Crippen LogP contribution in [0.3, 0.4) is 0 Å². The predicted octanol–water partition coefficient (Wildman–Crippen LogP) is 8.82. The number of fused-ring (bicyclic) bond motifs is 2. The molecule has 3 N–H and O–H groups in total. The van der Waals surface area contributed by atoms with Crippen LogP contribution in [0.5, 0.6) is 0 Å². The standard InChI is InChI=1S/C28H28N6O4S.C27H26N6O2.CH3ClO2S.2O2S/c1-16-14-29-28(31-22-12-13-24(22)38-39(4,35)36)32-26(16)21-15-34(19-8-6-5-7-9-19)27-20(21)10-11-23(30-27)25-17(2)33-37-18(25)3;1-15-13-28-27(30-21-11-12-23(21)34)31-25(15)20-14-33(18-7-5-4-6-8-18)26-19(20)9-10-22(29-26)24-16(2)32-35-17(24)3;1-5(2,3)4;2*1-3-2/h5-11,14-15,22,24H,12-13H2,1-4H3,(H,29,31,32);4-10,13-14,21,23,34H,11-12H2,1-3H3,(H,28,30,31);1H3;;/t22?,24-;21?,23-;;;/m11.../s1. The monoisotopic (exact) mass is 1250 g/mol. The topological polar surface area (TPSA) is 329 Å². The Labute approximate surface area is 500 Å². The van der Waals surface area contributed by atoms with Gasteiger partial charge in [0.2, 0.25) is 20.9 Å². The van der Waals surface area contributed by atoms with Crippen molar-refractivity contribution in [3.05, 3.63) is 144 Å². The number of nitrogens with one attached hydrogen (secondary N) is 2. The predicted molar refractivity (Wildman–Crippen MR) is 321 cm³/mol. The molecule has 0 bridgehead atoms. The van der Waals surface area contributed by atoms with E-state index in [9.17, 15) is 21.9 Å². The molecular formula is C56H57ClN12O12S4. The molecule has 2 aromatic carbocycles. The molecule has 2 saturated carbocycles. The first-order chi connectivity index (χ1) is 40.5. The molecule has 0 radical (unpaired) electrons. The van der Waals surface area contributed by atoms with Gasteiger partial charge in [0, 0.05) is 68.7 Å². The third-order valence-electron chi connectivity index (χ3n) is 13.8. The van der Waals surface area contributed by atoms with Gasteiger partial charge in [-0.05, 0) is 127 Å². The highest BCUT2D eigenvalue weighted by Crippen LogP contribution is 2.38. The molecule has 8 aromatic heterocycles. The average molecular weight is 1250 g/mol. The van der Waals surface area contributed by atoms with Crippen molar-refractivity contribution >= 4 is 87.0 Å². The molecule has 8 heterocycles. The van der Waals surface area contributed by atoms with E-state index in [1.807, 2.05) is 115 Å². The Morgan fingerprint density at radius 1 is 0.588 bits per heavy atom. The molecular weight excluding hydrogens is 1200 g/mol. The molecule has 0 spiro atoms. The Morgan fingerprint density at radius 3 is 1.32 bits per heavy atom. The van der Waals surface area contributed by atoms with Crippen molar-refractivity contribution in [3.63, 3.8) is 0 Å². The third-order valence-corrected chi connectivity index (χ3v) is 14.4. The summed E-state index contributed by atoms with van der Waals surface area (Å²) >= 11 is -1.50. The molecule has 2 aliphatic carbocycles. The van der Waals surface area contributed by atoms with E-state index < -0.39 is 48.4 Å². The highest BCUT2D eigenvalue weighted by molar-refractivity contribution is 8.13. The van der Waals surface area contributed by atoms with E-state index in [0.29, 0.717) is 24.1 Å². The summed E-state index contributed by atoms with van der Waals surface area (Å²) in [6.45, 7) is 11.6. The molecule has 444 valence electrons. The summed E-state index contributed by atoms with van der Waals surface area (Å²) in [5.74, 6) is 2.40. The zero-order chi connectivity index (χ0) is 61.3. The number of aliphatic hydroxyl groups is 1. The maximum atomic E-state index is 11.6. The van der Waals surface area contributed by atoms with Gasteiger partial charge >= 0.3 is 23.1 Å². The van der Waals surface area contributed by atoms with E-state index in [4.69, 9.17) is 50.0 Å². The van der Waals surface area contributed by atoms with E-state index in [0.717, 1.165) is 139 Å². The molecule has 4 atom stereocenters. The largest absolute Gasteiger partial charge is 0.391 e. The van der Waals surface area contributed by atoms with Crippen molar-refractivity contribution in [2.75, 3.05) is 23.1 Å². The number of rotatable bonds is 12. The van der Waals surface area contributed by atoms with Crippen LogP contribution in [0, 0.1) is 41.5 Å². The maximum Gasteiger partial charge on any atom is 0.335 e. The fraction of sp³-hybridized carbons (Fsp3) is 0.286. The van der Waals surface area contributed by atoms with Crippen LogP contribution in [-0.2, 0) is 46.5 Å². The van der Waals surface area contributed by atoms with Gasteiger partial charge in [-0.1, -0.05) is 46.7 Å². The fourth-order valence-corrected chi connectivity index (χ4v) is 10.3. The minimum absolute atomic E-state index is 0.00418. The zero-order valence-corrected chi connectivity index (χ0v) is 51.0. The van der Waals surface area contributed by atoms with E-state index in [1.165, 1.54) is 0 Å². The molecule has 2 unspecified atom stereocenters. The molecule has 2 fully saturated rings. The first-order valence-corrected chi connectivity index (χ1v) is 31.9. The molecule has 85 heavy (non-hydrogen) atoms. The number of aromatic nitrogens is 10. The lowest BCUT2D eigenvalue weighted by Gasteiger charge is -2.35. The Morgan fingerprint density at radius 2 is 0.988 bits per heavy atom. The number of nitrogens with zero attached hydrogens (tertiary/aromatic N) is 10. The van der Waals surface area contributed by atoms with Gasteiger partial charge < -0.3 is 33.9 Å². The molecule has 0 saturated heterocycles. The Hall–Kier alpha value is -8.25. The van der Waals surface area contributed by atoms with E-state index >= 15 is 0 Å². The number of halogens is 1. The van der Waals surface area contributed by atoms with Gasteiger partial charge in [0.25, 0.3) is 10.1 Å². The fourth-order valence-electron chi connectivity index (χ4n) is 9.65. The number of hydrogen-bond donors (Lipinski definition) is 3. The zero-order valence-electron chi connectivity index (χ0n) is 47.0. The van der Waals surface area contributed by atoms with E-state index in [1.54, 1.807) is 6.20 Å². The number of aryl methyl sites for hydroxylation is 6. The van der Waals surface area contributed by atoms with Crippen LogP contribution in [0.25, 0.3) is 78.5 Å². The van der Waals surface area contributed by atoms with Crippen LogP contribution in [-0.4, -0.2) is 125 Å². The quantitative estimate of drug-likeness (QED) is 0.0759. The van der Waals surface area contributed by atoms with Gasteiger partial charge in [-0.25, -0.2) is 38.3 Å². The summed E-state index contributed by atoms with van der Waals surface area (Å²) in [4.78, 5) is 28.8. The lowest BCUT2D eigenvalue weighted by atomic mass is 9.89. The maximum absolute atomic E-state index is 11.6. The average Bonchev–Trinajstić information content (AvgIpc) is 1.97. The normalized spacial score (nSPS) is 16.1. The second-order valence-corrected chi connectivity index (χ2v) is 24.8. The third kappa shape index (κ3) is 15.2. The summed E-state index contributed by atoms with van der Waals surface area (Å²) < 4.78 is 95.3. The van der Waals surface area contributed by atoms with Gasteiger partial charge in [0.1, 0.15) is 22.8 Å². The van der Waals surface area contributed by atoms with Crippen LogP contribution >= 0.6 is 10.7 Å². The summed E-state index contributed by atoms with van der Waals surface area (Å²) in [5.41, 5.74) is 13.9. The molecule has 2 aliphatic rings. The molecule has 10 aromatic rings. The first kappa shape index (κ1) is 62.8. The van der Waals surface area contributed by atoms with Gasteiger partial charge in [-0.3, -0.25) is 4.18 Å². The van der Waals surface area contributed by atoms with Gasteiger partial charge in [-0.15, -0.1) is 0 Å². The summed E-state index contributed by atoms with van der Waals surface area (Å²) in [6, 6.07) is 28.1. The summed E-state index contributed by atoms with van der Waals surface area (Å²) in [5, 5.41) is 26.7. The smallest absolute Gasteiger partial charge is 0.335 e. The van der Waals surface area contributed by atoms with Crippen LogP contribution in [0.1, 0.15) is 59.7 Å². The van der Waals surface area contributed by atoms with Crippen LogP contribution < -0.4 is 10.6 Å². The van der Waals surface area contributed by atoms with Crippen LogP contribution in [0.4, 0.5) is 11.9 Å². The van der Waals surface area contributed by atoms with Crippen molar-refractivity contribution in [2.45, 2.75) is 91.5 Å². The number of para-hydroxylation sites is 2. The molecule has 29 heteroatoms. The van der Waals surface area contributed by atoms with Crippen molar-refractivity contribution in [1.82, 2.24) is 49.4 Å². The molecule has 24 nitrogen and oxygen atoms in total. The van der Waals surface area contributed by atoms with Crippen LogP contribution in [0.2, 0.25) is 0 Å². The van der Waals surface area contributed by atoms with Crippen molar-refractivity contribution in [3.8, 4) is 56.4 Å². The van der Waals surface area contributed by atoms with Gasteiger partial charge in [0.15, 0.2) is 0 Å². The molecule has 0 aliphatic heterocycles. The minimum atomic E-state index is -3.54. The number of anilines is 2. The number of aliphatic hydroxyl groups excluding tert-OH is 1. The number of benzene rings is 2. The Balaban J connectivity index is 0.000000190. The van der Waals surface area contributed by atoms with Crippen molar-refractivity contribution < 1.29 is 52.0 Å². The van der Waals surface area contributed by atoms with Crippen LogP contribution in [0.15, 0.2) is 119 Å². The first-order valence-electron chi connectivity index (χ1n) is 26.0. The Bertz CT molecular complexity index is 4280. The van der Waals surface area contributed by atoms with Crippen molar-refractivity contribution in [1.29, 1.82) is 0 Å². The van der Waals surface area contributed by atoms with Gasteiger partial charge in [0.05, 0.1) is 82.1 Å². The van der Waals surface area contributed by atoms with E-state index in [2.05, 4.69) is 81.2 Å². The molecule has 0 amide bonds. The van der Waals surface area contributed by atoms with E-state index in [-0.39, 0.29) is 18.2 Å². The summed E-state index contributed by atoms with van der Waals surface area (Å²) in [6.07, 6.45) is 12.1. The minimum Gasteiger partial charge on any atom is -0.391 e. The Kier molecular flexibility index (Phi) is 20.1. The number of pyridine rings is 2. The highest BCUT2D eigenvalue weighted by Gasteiger charge is 2.35. The lowest BCUT2D eigenvalue weighted by Crippen LogP contribution is -2.46. The molecule has 12 rings (SSSR count). The van der Waals surface area contributed by atoms with Gasteiger partial charge in [-0.2, -0.15) is 25.3 Å². The number of hydrogen-bond acceptors (Lipinski definition) is 22. The SMILES string of the molecule is CS(=O)(=O)Cl.Cc1cnc(NC2CC[C@H]2O)nc1-c1cn(-c2ccccc2)c2nc(-c3c(C)noc3C)ccc12.Cc1cnc(NC2CC[C@H]2OS(C)(=O)=O)nc1-c1cn(-c2ccccc2)c2nc(-c3c(C)noc3C)ccc12.O=S=O.O=S=O. The summed E-state index contributed by atoms with van der Waals surface area (Å²) in [7, 11) is -2.23. The lowest BCUT2D eigenvalue weighted by molar-refractivity contribution is 0.0782. The second-order valence-electron chi connectivity index (χ2n) is 19.9. The second kappa shape index (κ2) is 27.2. The van der Waals surface area contributed by atoms with Crippen molar-refractivity contribution in [2.24, 2.45) is 0 Å².